The lowest BCUT2D eigenvalue weighted by molar-refractivity contribution is -0.119. The fourth-order valence-electron chi connectivity index (χ4n) is 2.41. The van der Waals surface area contributed by atoms with E-state index in [0.29, 0.717) is 6.54 Å². The number of carbonyl (C=O) groups is 1. The molecule has 0 aromatic heterocycles. The van der Waals surface area contributed by atoms with Gasteiger partial charge in [0.1, 0.15) is 5.75 Å². The first-order valence-electron chi connectivity index (χ1n) is 6.82. The molecule has 0 unspecified atom stereocenters. The zero-order valence-corrected chi connectivity index (χ0v) is 11.5. The van der Waals surface area contributed by atoms with Crippen molar-refractivity contribution in [3.05, 3.63) is 53.6 Å². The maximum absolute atomic E-state index is 10.9. The van der Waals surface area contributed by atoms with Gasteiger partial charge in [-0.15, -0.1) is 0 Å². The van der Waals surface area contributed by atoms with Gasteiger partial charge in [-0.2, -0.15) is 0 Å². The summed E-state index contributed by atoms with van der Waals surface area (Å²) in [5.41, 5.74) is 4.78. The third kappa shape index (κ3) is 2.67. The molecule has 2 aromatic carbocycles. The zero-order chi connectivity index (χ0) is 13.9. The Bertz CT molecular complexity index is 632. The summed E-state index contributed by atoms with van der Waals surface area (Å²) in [5.74, 6) is 1.00. The van der Waals surface area contributed by atoms with Gasteiger partial charge in [-0.25, -0.2) is 0 Å². The first-order chi connectivity index (χ1) is 9.72. The van der Waals surface area contributed by atoms with Crippen LogP contribution in [0.25, 0.3) is 11.1 Å². The molecule has 0 bridgehead atoms. The van der Waals surface area contributed by atoms with Crippen LogP contribution in [0.15, 0.2) is 42.5 Å². The maximum Gasteiger partial charge on any atom is 0.217 e. The predicted molar refractivity (Wildman–Crippen MR) is 78.6 cm³/mol. The second-order valence-electron chi connectivity index (χ2n) is 5.03. The van der Waals surface area contributed by atoms with Gasteiger partial charge in [0.2, 0.25) is 5.91 Å². The SMILES string of the molecule is CC(=O)NCc1ccc(-c2ccc3c(c2)CCO3)cc1. The van der Waals surface area contributed by atoms with Crippen LogP contribution in [0.2, 0.25) is 0 Å². The van der Waals surface area contributed by atoms with Gasteiger partial charge in [0, 0.05) is 19.9 Å². The van der Waals surface area contributed by atoms with Gasteiger partial charge < -0.3 is 10.1 Å². The molecule has 0 radical (unpaired) electrons. The topological polar surface area (TPSA) is 38.3 Å². The van der Waals surface area contributed by atoms with Crippen LogP contribution in [0.1, 0.15) is 18.1 Å². The average molecular weight is 267 g/mol. The number of amides is 1. The lowest BCUT2D eigenvalue weighted by Gasteiger charge is -2.07. The molecular weight excluding hydrogens is 250 g/mol. The highest BCUT2D eigenvalue weighted by Crippen LogP contribution is 2.30. The van der Waals surface area contributed by atoms with Crippen molar-refractivity contribution in [1.29, 1.82) is 0 Å². The van der Waals surface area contributed by atoms with Gasteiger partial charge >= 0.3 is 0 Å². The molecule has 1 N–H and O–H groups in total. The Morgan fingerprint density at radius 1 is 1.15 bits per heavy atom. The quantitative estimate of drug-likeness (QED) is 0.928. The Balaban J connectivity index is 1.79. The first-order valence-corrected chi connectivity index (χ1v) is 6.82. The summed E-state index contributed by atoms with van der Waals surface area (Å²) in [6, 6.07) is 14.6. The number of hydrogen-bond donors (Lipinski definition) is 1. The molecule has 20 heavy (non-hydrogen) atoms. The molecular formula is C17H17NO2. The molecule has 0 fully saturated rings. The number of carbonyl (C=O) groups excluding carboxylic acids is 1. The smallest absolute Gasteiger partial charge is 0.217 e. The molecule has 102 valence electrons. The van der Waals surface area contributed by atoms with E-state index in [2.05, 4.69) is 41.7 Å². The van der Waals surface area contributed by atoms with Crippen molar-refractivity contribution >= 4 is 5.91 Å². The molecule has 3 heteroatoms. The van der Waals surface area contributed by atoms with E-state index in [9.17, 15) is 4.79 Å². The second-order valence-corrected chi connectivity index (χ2v) is 5.03. The van der Waals surface area contributed by atoms with E-state index in [-0.39, 0.29) is 5.91 Å². The summed E-state index contributed by atoms with van der Waals surface area (Å²) in [4.78, 5) is 10.9. The summed E-state index contributed by atoms with van der Waals surface area (Å²) < 4.78 is 5.52. The van der Waals surface area contributed by atoms with Crippen LogP contribution >= 0.6 is 0 Å². The van der Waals surface area contributed by atoms with E-state index < -0.39 is 0 Å². The van der Waals surface area contributed by atoms with Crippen molar-refractivity contribution in [3.8, 4) is 16.9 Å². The van der Waals surface area contributed by atoms with Crippen LogP contribution < -0.4 is 10.1 Å². The highest BCUT2D eigenvalue weighted by molar-refractivity contribution is 5.73. The zero-order valence-electron chi connectivity index (χ0n) is 11.5. The molecule has 0 saturated heterocycles. The summed E-state index contributed by atoms with van der Waals surface area (Å²) in [5, 5.41) is 2.80. The van der Waals surface area contributed by atoms with Gasteiger partial charge in [-0.3, -0.25) is 4.79 Å². The molecule has 0 atom stereocenters. The molecule has 1 aliphatic rings. The van der Waals surface area contributed by atoms with Crippen LogP contribution in [0.5, 0.6) is 5.75 Å². The van der Waals surface area contributed by atoms with E-state index in [1.54, 1.807) is 0 Å². The van der Waals surface area contributed by atoms with Crippen molar-refractivity contribution in [2.75, 3.05) is 6.61 Å². The van der Waals surface area contributed by atoms with Crippen LogP contribution in [-0.4, -0.2) is 12.5 Å². The molecule has 1 heterocycles. The van der Waals surface area contributed by atoms with Gasteiger partial charge in [0.25, 0.3) is 0 Å². The number of nitrogens with one attached hydrogen (secondary N) is 1. The van der Waals surface area contributed by atoms with Crippen molar-refractivity contribution in [1.82, 2.24) is 5.32 Å². The Kier molecular flexibility index (Phi) is 3.42. The van der Waals surface area contributed by atoms with E-state index >= 15 is 0 Å². The van der Waals surface area contributed by atoms with Gasteiger partial charge in [-0.05, 0) is 34.4 Å². The Morgan fingerprint density at radius 2 is 1.90 bits per heavy atom. The molecule has 0 saturated carbocycles. The molecule has 3 rings (SSSR count). The van der Waals surface area contributed by atoms with Crippen LogP contribution in [0, 0.1) is 0 Å². The Hall–Kier alpha value is -2.29. The summed E-state index contributed by atoms with van der Waals surface area (Å²) in [6.45, 7) is 2.89. The Morgan fingerprint density at radius 3 is 2.65 bits per heavy atom. The number of benzene rings is 2. The molecule has 2 aromatic rings. The second kappa shape index (κ2) is 5.37. The van der Waals surface area contributed by atoms with Crippen LogP contribution in [0.3, 0.4) is 0 Å². The third-order valence-corrected chi connectivity index (χ3v) is 3.52. The van der Waals surface area contributed by atoms with E-state index in [4.69, 9.17) is 4.74 Å². The normalized spacial score (nSPS) is 12.7. The highest BCUT2D eigenvalue weighted by atomic mass is 16.5. The van der Waals surface area contributed by atoms with E-state index in [1.165, 1.54) is 23.6 Å². The minimum atomic E-state index is -0.00676. The first kappa shape index (κ1) is 12.7. The largest absolute Gasteiger partial charge is 0.493 e. The van der Waals surface area contributed by atoms with E-state index in [0.717, 1.165) is 24.3 Å². The van der Waals surface area contributed by atoms with Crippen LogP contribution in [0.4, 0.5) is 0 Å². The lowest BCUT2D eigenvalue weighted by atomic mass is 10.0. The minimum Gasteiger partial charge on any atom is -0.493 e. The lowest BCUT2D eigenvalue weighted by Crippen LogP contribution is -2.18. The standard InChI is InChI=1S/C17H17NO2/c1-12(19)18-11-13-2-4-14(5-3-13)15-6-7-17-16(10-15)8-9-20-17/h2-7,10H,8-9,11H2,1H3,(H,18,19). The number of hydrogen-bond acceptors (Lipinski definition) is 2. The van der Waals surface area contributed by atoms with Crippen molar-refractivity contribution < 1.29 is 9.53 Å². The fraction of sp³-hybridized carbons (Fsp3) is 0.235. The number of rotatable bonds is 3. The summed E-state index contributed by atoms with van der Waals surface area (Å²) >= 11 is 0. The van der Waals surface area contributed by atoms with Crippen molar-refractivity contribution in [2.45, 2.75) is 19.9 Å². The third-order valence-electron chi connectivity index (χ3n) is 3.52. The molecule has 0 aliphatic carbocycles. The van der Waals surface area contributed by atoms with Crippen LogP contribution in [-0.2, 0) is 17.8 Å². The van der Waals surface area contributed by atoms with Gasteiger partial charge in [-0.1, -0.05) is 30.3 Å². The fourth-order valence-corrected chi connectivity index (χ4v) is 2.41. The van der Waals surface area contributed by atoms with E-state index in [1.807, 2.05) is 6.07 Å². The molecule has 3 nitrogen and oxygen atoms in total. The number of fused-ring (bicyclic) bond motifs is 1. The maximum atomic E-state index is 10.9. The minimum absolute atomic E-state index is 0.00676. The van der Waals surface area contributed by atoms with Crippen molar-refractivity contribution in [2.24, 2.45) is 0 Å². The molecule has 1 amide bonds. The molecule has 0 spiro atoms. The highest BCUT2D eigenvalue weighted by Gasteiger charge is 2.12. The molecule has 1 aliphatic heterocycles. The summed E-state index contributed by atoms with van der Waals surface area (Å²) in [6.07, 6.45) is 0.990. The van der Waals surface area contributed by atoms with Gasteiger partial charge in [0.05, 0.1) is 6.61 Å². The number of ether oxygens (including phenoxy) is 1. The monoisotopic (exact) mass is 267 g/mol. The average Bonchev–Trinajstić information content (AvgIpc) is 2.93. The van der Waals surface area contributed by atoms with Gasteiger partial charge in [0.15, 0.2) is 0 Å². The van der Waals surface area contributed by atoms with Crippen molar-refractivity contribution in [3.63, 3.8) is 0 Å². The summed E-state index contributed by atoms with van der Waals surface area (Å²) in [7, 11) is 0. The predicted octanol–water partition coefficient (Wildman–Crippen LogP) is 2.92. The Labute approximate surface area is 118 Å².